The summed E-state index contributed by atoms with van der Waals surface area (Å²) in [5.74, 6) is -0.487. The van der Waals surface area contributed by atoms with Crippen LogP contribution in [-0.2, 0) is 4.79 Å². The van der Waals surface area contributed by atoms with Crippen LogP contribution in [0.3, 0.4) is 0 Å². The molecule has 0 saturated carbocycles. The molecule has 0 amide bonds. The molecule has 3 aromatic rings. The summed E-state index contributed by atoms with van der Waals surface area (Å²) in [6, 6.07) is 8.19. The topological polar surface area (TPSA) is 83.0 Å². The second-order valence-corrected chi connectivity index (χ2v) is 8.26. The standard InChI is InChI=1S/C18H18N2O3S2/c1-9(2)11-4-6-12(7-5-11)13-8-24-16-14(13)15(21)19-18(20-16)25-10(3)17(22)23/h4-10H,1-3H3,(H,22,23)(H,19,20,21). The Morgan fingerprint density at radius 3 is 2.52 bits per heavy atom. The molecule has 1 aromatic carbocycles. The number of aliphatic carboxylic acids is 1. The summed E-state index contributed by atoms with van der Waals surface area (Å²) in [6.07, 6.45) is 0. The van der Waals surface area contributed by atoms with E-state index in [1.54, 1.807) is 6.92 Å². The molecule has 5 nitrogen and oxygen atoms in total. The van der Waals surface area contributed by atoms with Gasteiger partial charge in [0.1, 0.15) is 10.1 Å². The minimum atomic E-state index is -0.940. The van der Waals surface area contributed by atoms with Gasteiger partial charge in [-0.05, 0) is 24.0 Å². The number of H-pyrrole nitrogens is 1. The summed E-state index contributed by atoms with van der Waals surface area (Å²) in [4.78, 5) is 31.2. The predicted octanol–water partition coefficient (Wildman–Crippen LogP) is 4.34. The van der Waals surface area contributed by atoms with Crippen LogP contribution in [0, 0.1) is 0 Å². The Labute approximate surface area is 153 Å². The molecule has 130 valence electrons. The lowest BCUT2D eigenvalue weighted by Crippen LogP contribution is -2.14. The first kappa shape index (κ1) is 17.7. The van der Waals surface area contributed by atoms with E-state index in [1.165, 1.54) is 16.9 Å². The number of nitrogens with zero attached hydrogens (tertiary/aromatic N) is 1. The maximum Gasteiger partial charge on any atom is 0.316 e. The third-order valence-electron chi connectivity index (χ3n) is 3.95. The first-order chi connectivity index (χ1) is 11.9. The minimum Gasteiger partial charge on any atom is -0.480 e. The zero-order chi connectivity index (χ0) is 18.1. The number of benzene rings is 1. The summed E-state index contributed by atoms with van der Waals surface area (Å²) in [5, 5.41) is 11.1. The van der Waals surface area contributed by atoms with Gasteiger partial charge < -0.3 is 10.1 Å². The van der Waals surface area contributed by atoms with Gasteiger partial charge in [-0.2, -0.15) is 0 Å². The number of nitrogens with one attached hydrogen (secondary N) is 1. The van der Waals surface area contributed by atoms with Gasteiger partial charge in [0.25, 0.3) is 5.56 Å². The van der Waals surface area contributed by atoms with Gasteiger partial charge in [-0.3, -0.25) is 9.59 Å². The predicted molar refractivity (Wildman–Crippen MR) is 103 cm³/mol. The number of aromatic nitrogens is 2. The van der Waals surface area contributed by atoms with Gasteiger partial charge in [0, 0.05) is 10.9 Å². The van der Waals surface area contributed by atoms with Crippen LogP contribution in [-0.4, -0.2) is 26.3 Å². The van der Waals surface area contributed by atoms with Gasteiger partial charge in [0.05, 0.1) is 5.39 Å². The highest BCUT2D eigenvalue weighted by molar-refractivity contribution is 8.00. The monoisotopic (exact) mass is 374 g/mol. The lowest BCUT2D eigenvalue weighted by Gasteiger charge is -2.07. The highest BCUT2D eigenvalue weighted by Gasteiger charge is 2.17. The zero-order valence-corrected chi connectivity index (χ0v) is 15.7. The van der Waals surface area contributed by atoms with E-state index in [0.717, 1.165) is 22.9 Å². The number of rotatable bonds is 5. The summed E-state index contributed by atoms with van der Waals surface area (Å²) in [7, 11) is 0. The Bertz CT molecular complexity index is 974. The van der Waals surface area contributed by atoms with Crippen molar-refractivity contribution in [2.45, 2.75) is 37.1 Å². The molecule has 7 heteroatoms. The molecule has 0 bridgehead atoms. The zero-order valence-electron chi connectivity index (χ0n) is 14.1. The van der Waals surface area contributed by atoms with Crippen molar-refractivity contribution < 1.29 is 9.90 Å². The molecule has 0 aliphatic carbocycles. The van der Waals surface area contributed by atoms with Crippen molar-refractivity contribution in [3.63, 3.8) is 0 Å². The summed E-state index contributed by atoms with van der Waals surface area (Å²) in [6.45, 7) is 5.84. The smallest absolute Gasteiger partial charge is 0.316 e. The fraction of sp³-hybridized carbons (Fsp3) is 0.278. The third kappa shape index (κ3) is 3.62. The van der Waals surface area contributed by atoms with Crippen LogP contribution >= 0.6 is 23.1 Å². The van der Waals surface area contributed by atoms with Gasteiger partial charge in [-0.1, -0.05) is 49.9 Å². The van der Waals surface area contributed by atoms with E-state index < -0.39 is 11.2 Å². The lowest BCUT2D eigenvalue weighted by molar-refractivity contribution is -0.136. The van der Waals surface area contributed by atoms with Crippen LogP contribution in [0.2, 0.25) is 0 Å². The summed E-state index contributed by atoms with van der Waals surface area (Å²) < 4.78 is 0. The number of thiophene rings is 1. The van der Waals surface area contributed by atoms with Crippen LogP contribution in [0.4, 0.5) is 0 Å². The van der Waals surface area contributed by atoms with Crippen LogP contribution in [0.1, 0.15) is 32.3 Å². The SMILES string of the molecule is CC(Sc1nc2scc(-c3ccc(C(C)C)cc3)c2c(=O)[nH]1)C(=O)O. The van der Waals surface area contributed by atoms with Crippen molar-refractivity contribution in [3.05, 3.63) is 45.6 Å². The second-order valence-electron chi connectivity index (χ2n) is 6.08. The number of carbonyl (C=O) groups is 1. The number of carboxylic acids is 1. The molecule has 0 saturated heterocycles. The Hall–Kier alpha value is -2.12. The molecule has 2 heterocycles. The third-order valence-corrected chi connectivity index (χ3v) is 5.79. The molecule has 0 fully saturated rings. The van der Waals surface area contributed by atoms with E-state index >= 15 is 0 Å². The van der Waals surface area contributed by atoms with Gasteiger partial charge >= 0.3 is 5.97 Å². The molecule has 0 spiro atoms. The van der Waals surface area contributed by atoms with Gasteiger partial charge in [-0.15, -0.1) is 11.3 Å². The number of thioether (sulfide) groups is 1. The van der Waals surface area contributed by atoms with E-state index in [1.807, 2.05) is 17.5 Å². The number of hydrogen-bond donors (Lipinski definition) is 2. The number of aromatic amines is 1. The molecule has 0 aliphatic heterocycles. The van der Waals surface area contributed by atoms with E-state index in [4.69, 9.17) is 5.11 Å². The summed E-state index contributed by atoms with van der Waals surface area (Å²) >= 11 is 2.42. The molecular formula is C18H18N2O3S2. The Balaban J connectivity index is 2.01. The molecule has 3 rings (SSSR count). The Morgan fingerprint density at radius 1 is 1.24 bits per heavy atom. The van der Waals surface area contributed by atoms with E-state index in [0.29, 0.717) is 21.3 Å². The van der Waals surface area contributed by atoms with Crippen molar-refractivity contribution >= 4 is 39.3 Å². The average Bonchev–Trinajstić information content (AvgIpc) is 2.99. The fourth-order valence-electron chi connectivity index (χ4n) is 2.46. The maximum atomic E-state index is 12.5. The van der Waals surface area contributed by atoms with Crippen LogP contribution in [0.15, 0.2) is 39.6 Å². The maximum absolute atomic E-state index is 12.5. The molecule has 25 heavy (non-hydrogen) atoms. The van der Waals surface area contributed by atoms with Crippen molar-refractivity contribution in [1.29, 1.82) is 0 Å². The largest absolute Gasteiger partial charge is 0.480 e. The van der Waals surface area contributed by atoms with E-state index in [2.05, 4.69) is 35.9 Å². The van der Waals surface area contributed by atoms with Crippen molar-refractivity contribution in [2.24, 2.45) is 0 Å². The lowest BCUT2D eigenvalue weighted by atomic mass is 9.99. The van der Waals surface area contributed by atoms with E-state index in [-0.39, 0.29) is 5.56 Å². The Kier molecular flexibility index (Phi) is 4.96. The molecular weight excluding hydrogens is 356 g/mol. The van der Waals surface area contributed by atoms with Crippen LogP contribution in [0.25, 0.3) is 21.3 Å². The van der Waals surface area contributed by atoms with Gasteiger partial charge in [0.2, 0.25) is 0 Å². The summed E-state index contributed by atoms with van der Waals surface area (Å²) in [5.41, 5.74) is 2.83. The molecule has 1 atom stereocenters. The first-order valence-electron chi connectivity index (χ1n) is 7.88. The number of carboxylic acid groups (broad SMARTS) is 1. The molecule has 1 unspecified atom stereocenters. The van der Waals surface area contributed by atoms with E-state index in [9.17, 15) is 9.59 Å². The normalized spacial score (nSPS) is 12.6. The minimum absolute atomic E-state index is 0.241. The van der Waals surface area contributed by atoms with Crippen LogP contribution in [0.5, 0.6) is 0 Å². The number of fused-ring (bicyclic) bond motifs is 1. The Morgan fingerprint density at radius 2 is 1.92 bits per heavy atom. The van der Waals surface area contributed by atoms with Crippen molar-refractivity contribution in [2.75, 3.05) is 0 Å². The van der Waals surface area contributed by atoms with Crippen LogP contribution < -0.4 is 5.56 Å². The highest BCUT2D eigenvalue weighted by atomic mass is 32.2. The first-order valence-corrected chi connectivity index (χ1v) is 9.64. The quantitative estimate of drug-likeness (QED) is 0.513. The fourth-order valence-corrected chi connectivity index (χ4v) is 4.20. The van der Waals surface area contributed by atoms with Gasteiger partial charge in [-0.25, -0.2) is 4.98 Å². The average molecular weight is 374 g/mol. The van der Waals surface area contributed by atoms with Gasteiger partial charge in [0.15, 0.2) is 5.16 Å². The molecule has 0 aliphatic rings. The highest BCUT2D eigenvalue weighted by Crippen LogP contribution is 2.32. The van der Waals surface area contributed by atoms with Crippen molar-refractivity contribution in [1.82, 2.24) is 9.97 Å². The van der Waals surface area contributed by atoms with Crippen molar-refractivity contribution in [3.8, 4) is 11.1 Å². The second kappa shape index (κ2) is 7.01. The number of hydrogen-bond acceptors (Lipinski definition) is 5. The molecule has 2 N–H and O–H groups in total. The molecule has 2 aromatic heterocycles. The molecule has 0 radical (unpaired) electrons.